The number of primary amides is 1. The van der Waals surface area contributed by atoms with Crippen LogP contribution in [-0.2, 0) is 4.79 Å². The van der Waals surface area contributed by atoms with Crippen LogP contribution in [0, 0.1) is 16.2 Å². The van der Waals surface area contributed by atoms with Crippen molar-refractivity contribution in [2.24, 2.45) is 22.0 Å². The molecule has 0 unspecified atom stereocenters. The minimum Gasteiger partial charge on any atom is -0.369 e. The van der Waals surface area contributed by atoms with Crippen LogP contribution >= 0.6 is 15.9 Å². The van der Waals surface area contributed by atoms with E-state index in [-0.39, 0.29) is 27.0 Å². The normalized spacial score (nSPS) is 51.5. The highest BCUT2D eigenvalue weighted by Crippen LogP contribution is 2.79. The Balaban J connectivity index is 2.50. The molecule has 74 valence electrons. The minimum atomic E-state index is -0.290. The van der Waals surface area contributed by atoms with Gasteiger partial charge in [0.15, 0.2) is 0 Å². The molecule has 0 heterocycles. The van der Waals surface area contributed by atoms with Crippen LogP contribution in [0.15, 0.2) is 0 Å². The van der Waals surface area contributed by atoms with Crippen molar-refractivity contribution in [3.05, 3.63) is 0 Å². The molecule has 0 radical (unpaired) electrons. The molecule has 0 spiro atoms. The lowest BCUT2D eigenvalue weighted by Crippen LogP contribution is -2.68. The van der Waals surface area contributed by atoms with E-state index < -0.39 is 0 Å². The molecule has 13 heavy (non-hydrogen) atoms. The number of rotatable bonds is 1. The van der Waals surface area contributed by atoms with E-state index in [1.54, 1.807) is 0 Å². The van der Waals surface area contributed by atoms with Gasteiger partial charge in [-0.15, -0.1) is 0 Å². The molecular formula is C10H16BrNO. The average molecular weight is 246 g/mol. The monoisotopic (exact) mass is 245 g/mol. The van der Waals surface area contributed by atoms with Gasteiger partial charge in [-0.05, 0) is 23.7 Å². The maximum Gasteiger partial charge on any atom is 0.225 e. The summed E-state index contributed by atoms with van der Waals surface area (Å²) in [5, 5.41) is 0. The van der Waals surface area contributed by atoms with Gasteiger partial charge in [0, 0.05) is 4.83 Å². The number of hydrogen-bond donors (Lipinski definition) is 1. The lowest BCUT2D eigenvalue weighted by molar-refractivity contribution is -0.158. The van der Waals surface area contributed by atoms with Crippen molar-refractivity contribution in [1.29, 1.82) is 0 Å². The zero-order valence-electron chi connectivity index (χ0n) is 8.36. The predicted octanol–water partition coefficient (Wildman–Crippen LogP) is 2.06. The molecule has 2 nitrogen and oxygen atoms in total. The Kier molecular flexibility index (Phi) is 1.56. The third-order valence-electron chi connectivity index (χ3n) is 5.01. The Morgan fingerprint density at radius 1 is 1.38 bits per heavy atom. The summed E-state index contributed by atoms with van der Waals surface area (Å²) in [6.45, 7) is 6.59. The Bertz CT molecular complexity index is 289. The number of carbonyl (C=O) groups excluding carboxylic acids is 1. The summed E-state index contributed by atoms with van der Waals surface area (Å²) in [5.41, 5.74) is 5.54. The van der Waals surface area contributed by atoms with Gasteiger partial charge in [0.2, 0.25) is 5.91 Å². The van der Waals surface area contributed by atoms with Gasteiger partial charge in [-0.1, -0.05) is 36.7 Å². The molecule has 3 atom stereocenters. The summed E-state index contributed by atoms with van der Waals surface area (Å²) in [4.78, 5) is 11.8. The Morgan fingerprint density at radius 3 is 2.08 bits per heavy atom. The van der Waals surface area contributed by atoms with Gasteiger partial charge in [-0.2, -0.15) is 0 Å². The summed E-state index contributed by atoms with van der Waals surface area (Å²) >= 11 is 3.64. The zero-order valence-corrected chi connectivity index (χ0v) is 9.94. The maximum absolute atomic E-state index is 11.5. The molecular weight excluding hydrogens is 230 g/mol. The van der Waals surface area contributed by atoms with Crippen molar-refractivity contribution >= 4 is 21.8 Å². The van der Waals surface area contributed by atoms with Crippen molar-refractivity contribution in [2.45, 2.75) is 38.4 Å². The fourth-order valence-electron chi connectivity index (χ4n) is 3.50. The number of nitrogens with two attached hydrogens (primary N) is 1. The van der Waals surface area contributed by atoms with Crippen molar-refractivity contribution in [3.8, 4) is 0 Å². The van der Waals surface area contributed by atoms with Gasteiger partial charge in [0.1, 0.15) is 0 Å². The van der Waals surface area contributed by atoms with E-state index in [1.807, 2.05) is 0 Å². The first-order valence-corrected chi connectivity index (χ1v) is 5.66. The molecule has 3 saturated carbocycles. The summed E-state index contributed by atoms with van der Waals surface area (Å²) in [6.07, 6.45) is 2.06. The fourth-order valence-corrected chi connectivity index (χ4v) is 5.33. The van der Waals surface area contributed by atoms with Crippen molar-refractivity contribution in [1.82, 2.24) is 0 Å². The number of fused-ring (bicyclic) bond motifs is 1. The third kappa shape index (κ3) is 0.641. The van der Waals surface area contributed by atoms with Crippen molar-refractivity contribution in [2.75, 3.05) is 0 Å². The Hall–Kier alpha value is -0.0500. The first-order chi connectivity index (χ1) is 5.81. The molecule has 0 aromatic carbocycles. The molecule has 0 aliphatic heterocycles. The van der Waals surface area contributed by atoms with Crippen LogP contribution < -0.4 is 5.73 Å². The van der Waals surface area contributed by atoms with E-state index in [1.165, 1.54) is 0 Å². The fraction of sp³-hybridized carbons (Fsp3) is 0.900. The number of alkyl halides is 1. The SMILES string of the molecule is CC1(C)[C@@]2(C)CC[C@]1(C(N)=O)[C@@H]2Br. The second-order valence-corrected chi connectivity index (χ2v) is 6.16. The molecule has 3 heteroatoms. The molecule has 3 fully saturated rings. The number of amides is 1. The summed E-state index contributed by atoms with van der Waals surface area (Å²) in [5.74, 6) is -0.130. The second kappa shape index (κ2) is 2.13. The van der Waals surface area contributed by atoms with Crippen LogP contribution in [0.1, 0.15) is 33.6 Å². The van der Waals surface area contributed by atoms with Gasteiger partial charge in [-0.3, -0.25) is 4.79 Å². The van der Waals surface area contributed by atoms with Crippen LogP contribution in [0.5, 0.6) is 0 Å². The number of hydrogen-bond acceptors (Lipinski definition) is 1. The third-order valence-corrected chi connectivity index (χ3v) is 6.81. The van der Waals surface area contributed by atoms with Gasteiger partial charge >= 0.3 is 0 Å². The highest BCUT2D eigenvalue weighted by atomic mass is 79.9. The standard InChI is InChI=1S/C10H16BrNO/c1-8(2)9(3)4-5-10(8,6(9)11)7(12)13/h6H,4-5H2,1-3H3,(H2,12,13)/t6-,9+,10-/m1/s1. The van der Waals surface area contributed by atoms with Gasteiger partial charge in [0.25, 0.3) is 0 Å². The largest absolute Gasteiger partial charge is 0.369 e. The van der Waals surface area contributed by atoms with E-state index in [0.717, 1.165) is 12.8 Å². The van der Waals surface area contributed by atoms with E-state index in [4.69, 9.17) is 5.73 Å². The summed E-state index contributed by atoms with van der Waals surface area (Å²) in [6, 6.07) is 0. The van der Waals surface area contributed by atoms with Crippen molar-refractivity contribution < 1.29 is 4.79 Å². The molecule has 0 saturated heterocycles. The van der Waals surface area contributed by atoms with E-state index >= 15 is 0 Å². The first kappa shape index (κ1) is 9.50. The van der Waals surface area contributed by atoms with Crippen LogP contribution in [-0.4, -0.2) is 10.7 Å². The molecule has 3 aliphatic carbocycles. The van der Waals surface area contributed by atoms with Crippen LogP contribution in [0.25, 0.3) is 0 Å². The second-order valence-electron chi connectivity index (χ2n) is 5.24. The number of halogens is 1. The van der Waals surface area contributed by atoms with Gasteiger partial charge in [-0.25, -0.2) is 0 Å². The quantitative estimate of drug-likeness (QED) is 0.707. The molecule has 3 aliphatic rings. The lowest BCUT2D eigenvalue weighted by Gasteiger charge is -2.63. The minimum absolute atomic E-state index is 0.0556. The summed E-state index contributed by atoms with van der Waals surface area (Å²) < 4.78 is 0. The Morgan fingerprint density at radius 2 is 1.92 bits per heavy atom. The molecule has 2 N–H and O–H groups in total. The van der Waals surface area contributed by atoms with E-state index in [0.29, 0.717) is 0 Å². The zero-order chi connectivity index (χ0) is 10.1. The van der Waals surface area contributed by atoms with E-state index in [2.05, 4.69) is 36.7 Å². The smallest absolute Gasteiger partial charge is 0.225 e. The van der Waals surface area contributed by atoms with Crippen LogP contribution in [0.4, 0.5) is 0 Å². The maximum atomic E-state index is 11.5. The highest BCUT2D eigenvalue weighted by molar-refractivity contribution is 9.09. The predicted molar refractivity (Wildman–Crippen MR) is 55.5 cm³/mol. The van der Waals surface area contributed by atoms with Gasteiger partial charge in [0.05, 0.1) is 5.41 Å². The van der Waals surface area contributed by atoms with Crippen molar-refractivity contribution in [3.63, 3.8) is 0 Å². The number of carbonyl (C=O) groups is 1. The summed E-state index contributed by atoms with van der Waals surface area (Å²) in [7, 11) is 0. The topological polar surface area (TPSA) is 43.1 Å². The van der Waals surface area contributed by atoms with Crippen LogP contribution in [0.2, 0.25) is 0 Å². The molecule has 0 aromatic rings. The Labute approximate surface area is 87.4 Å². The average Bonchev–Trinajstić information content (AvgIpc) is 2.39. The highest BCUT2D eigenvalue weighted by Gasteiger charge is 2.79. The molecule has 1 amide bonds. The van der Waals surface area contributed by atoms with E-state index in [9.17, 15) is 4.79 Å². The van der Waals surface area contributed by atoms with Crippen LogP contribution in [0.3, 0.4) is 0 Å². The molecule has 0 aromatic heterocycles. The first-order valence-electron chi connectivity index (χ1n) is 4.75. The molecule has 3 rings (SSSR count). The molecule has 2 bridgehead atoms. The lowest BCUT2D eigenvalue weighted by atomic mass is 9.43. The van der Waals surface area contributed by atoms with Gasteiger partial charge < -0.3 is 5.73 Å².